The zero-order chi connectivity index (χ0) is 20.8. The molecule has 6 rings (SSSR count). The fraction of sp³-hybridized carbons (Fsp3) is 0.240. The van der Waals surface area contributed by atoms with Crippen LogP contribution in [-0.4, -0.2) is 19.7 Å². The Morgan fingerprint density at radius 1 is 0.839 bits per heavy atom. The number of benzene rings is 2. The van der Waals surface area contributed by atoms with Crippen molar-refractivity contribution in [3.05, 3.63) is 72.4 Å². The zero-order valence-electron chi connectivity index (χ0n) is 17.3. The number of nitrogens with two attached hydrogens (primary N) is 1. The first kappa shape index (κ1) is 18.3. The molecule has 1 aliphatic carbocycles. The van der Waals surface area contributed by atoms with E-state index in [1.807, 2.05) is 30.3 Å². The molecule has 1 aliphatic heterocycles. The predicted octanol–water partition coefficient (Wildman–Crippen LogP) is 5.17. The number of pyridine rings is 1. The third-order valence-electron chi connectivity index (χ3n) is 6.58. The van der Waals surface area contributed by atoms with Crippen molar-refractivity contribution in [3.63, 3.8) is 0 Å². The molecule has 4 aromatic rings. The molecule has 0 spiro atoms. The molecule has 0 unspecified atom stereocenters. The largest absolute Gasteiger partial charge is 0.338 e. The van der Waals surface area contributed by atoms with Gasteiger partial charge in [0.25, 0.3) is 0 Å². The van der Waals surface area contributed by atoms with Gasteiger partial charge in [-0.3, -0.25) is 4.57 Å². The van der Waals surface area contributed by atoms with E-state index in [4.69, 9.17) is 5.73 Å². The summed E-state index contributed by atoms with van der Waals surface area (Å²) in [4.78, 5) is 4.57. The maximum absolute atomic E-state index is 6.75. The maximum Gasteiger partial charge on any atom is 0.171 e. The van der Waals surface area contributed by atoms with Crippen LogP contribution in [0.25, 0.3) is 28.5 Å². The van der Waals surface area contributed by atoms with Crippen LogP contribution in [0, 0.1) is 0 Å². The second-order valence-corrected chi connectivity index (χ2v) is 8.52. The number of fused-ring (bicyclic) bond motifs is 5. The first-order valence-electron chi connectivity index (χ1n) is 10.9. The van der Waals surface area contributed by atoms with Crippen LogP contribution in [0.4, 0.5) is 11.5 Å². The molecule has 31 heavy (non-hydrogen) atoms. The molecule has 3 N–H and O–H groups in total. The van der Waals surface area contributed by atoms with E-state index in [0.717, 1.165) is 52.8 Å². The third-order valence-corrected chi connectivity index (χ3v) is 6.58. The second kappa shape index (κ2) is 7.03. The first-order chi connectivity index (χ1) is 15.2. The summed E-state index contributed by atoms with van der Waals surface area (Å²) in [6.07, 6.45) is 7.58. The van der Waals surface area contributed by atoms with Gasteiger partial charge in [-0.05, 0) is 42.7 Å². The van der Waals surface area contributed by atoms with Gasteiger partial charge in [0, 0.05) is 22.9 Å². The van der Waals surface area contributed by atoms with Crippen molar-refractivity contribution in [2.75, 3.05) is 5.32 Å². The van der Waals surface area contributed by atoms with Gasteiger partial charge < -0.3 is 11.1 Å². The number of rotatable bonds is 2. The molecule has 2 aliphatic rings. The van der Waals surface area contributed by atoms with E-state index in [1.54, 1.807) is 6.20 Å². The van der Waals surface area contributed by atoms with Gasteiger partial charge in [-0.2, -0.15) is 0 Å². The Hall–Kier alpha value is -3.51. The number of para-hydroxylation sites is 1. The molecule has 154 valence electrons. The molecular weight excluding hydrogens is 384 g/mol. The summed E-state index contributed by atoms with van der Waals surface area (Å²) >= 11 is 0. The highest BCUT2D eigenvalue weighted by atomic mass is 15.3. The SMILES string of the molecule is NC1(c2ccc(-c3nnc4n3-c3cccnc3Nc3ccccc3-4)cc2)CCCCC1. The van der Waals surface area contributed by atoms with Gasteiger partial charge in [0.1, 0.15) is 0 Å². The van der Waals surface area contributed by atoms with E-state index in [0.29, 0.717) is 0 Å². The lowest BCUT2D eigenvalue weighted by atomic mass is 9.77. The van der Waals surface area contributed by atoms with Crippen LogP contribution in [0.2, 0.25) is 0 Å². The molecule has 2 aromatic carbocycles. The van der Waals surface area contributed by atoms with Crippen LogP contribution in [0.15, 0.2) is 66.9 Å². The highest BCUT2D eigenvalue weighted by Crippen LogP contribution is 2.40. The van der Waals surface area contributed by atoms with E-state index in [2.05, 4.69) is 55.4 Å². The Kier molecular flexibility index (Phi) is 4.14. The van der Waals surface area contributed by atoms with Gasteiger partial charge in [-0.15, -0.1) is 10.2 Å². The number of nitrogens with one attached hydrogen (secondary N) is 1. The van der Waals surface area contributed by atoms with Gasteiger partial charge in [0.15, 0.2) is 17.5 Å². The lowest BCUT2D eigenvalue weighted by Crippen LogP contribution is -2.38. The van der Waals surface area contributed by atoms with Crippen LogP contribution < -0.4 is 11.1 Å². The number of nitrogens with zero attached hydrogens (tertiary/aromatic N) is 4. The molecule has 0 saturated heterocycles. The zero-order valence-corrected chi connectivity index (χ0v) is 17.3. The number of anilines is 2. The molecule has 6 nitrogen and oxygen atoms in total. The lowest BCUT2D eigenvalue weighted by Gasteiger charge is -2.34. The molecule has 1 saturated carbocycles. The highest BCUT2D eigenvalue weighted by Gasteiger charge is 2.30. The molecule has 0 amide bonds. The minimum absolute atomic E-state index is 0.210. The quantitative estimate of drug-likeness (QED) is 0.421. The Morgan fingerprint density at radius 3 is 2.45 bits per heavy atom. The predicted molar refractivity (Wildman–Crippen MR) is 122 cm³/mol. The van der Waals surface area contributed by atoms with E-state index in [-0.39, 0.29) is 5.54 Å². The van der Waals surface area contributed by atoms with Crippen molar-refractivity contribution in [3.8, 4) is 28.5 Å². The minimum atomic E-state index is -0.210. The van der Waals surface area contributed by atoms with Crippen molar-refractivity contribution in [1.82, 2.24) is 19.7 Å². The Labute approximate surface area is 181 Å². The topological polar surface area (TPSA) is 81.7 Å². The monoisotopic (exact) mass is 408 g/mol. The molecule has 2 aromatic heterocycles. The summed E-state index contributed by atoms with van der Waals surface area (Å²) in [6, 6.07) is 20.7. The van der Waals surface area contributed by atoms with Crippen LogP contribution in [0.5, 0.6) is 0 Å². The maximum atomic E-state index is 6.75. The Balaban J connectivity index is 1.49. The highest BCUT2D eigenvalue weighted by molar-refractivity contribution is 5.84. The van der Waals surface area contributed by atoms with Crippen molar-refractivity contribution in [2.24, 2.45) is 5.73 Å². The molecular formula is C25H24N6. The summed E-state index contributed by atoms with van der Waals surface area (Å²) < 4.78 is 2.09. The third kappa shape index (κ3) is 2.94. The smallest absolute Gasteiger partial charge is 0.171 e. The second-order valence-electron chi connectivity index (χ2n) is 8.52. The standard InChI is InChI=1S/C25H24N6/c26-25(14-4-1-5-15-25)18-12-10-17(11-13-18)23-29-30-24-19-7-2-3-8-20(19)28-22-21(31(23)24)9-6-16-27-22/h2-3,6-13,16H,1,4-5,14-15,26H2,(H,27,28). The first-order valence-corrected chi connectivity index (χ1v) is 10.9. The molecule has 0 bridgehead atoms. The number of aromatic nitrogens is 4. The number of hydrogen-bond acceptors (Lipinski definition) is 5. The van der Waals surface area contributed by atoms with E-state index in [1.165, 1.54) is 24.8 Å². The minimum Gasteiger partial charge on any atom is -0.338 e. The molecule has 6 heteroatoms. The van der Waals surface area contributed by atoms with Gasteiger partial charge >= 0.3 is 0 Å². The normalized spacial score (nSPS) is 16.4. The number of hydrogen-bond donors (Lipinski definition) is 2. The summed E-state index contributed by atoms with van der Waals surface area (Å²) in [7, 11) is 0. The molecule has 0 atom stereocenters. The van der Waals surface area contributed by atoms with Crippen LogP contribution >= 0.6 is 0 Å². The van der Waals surface area contributed by atoms with Gasteiger partial charge in [0.05, 0.1) is 11.4 Å². The van der Waals surface area contributed by atoms with Gasteiger partial charge in [-0.25, -0.2) is 4.98 Å². The fourth-order valence-corrected chi connectivity index (χ4v) is 4.88. The van der Waals surface area contributed by atoms with Crippen LogP contribution in [0.1, 0.15) is 37.7 Å². The lowest BCUT2D eigenvalue weighted by molar-refractivity contribution is 0.302. The fourth-order valence-electron chi connectivity index (χ4n) is 4.88. The summed E-state index contributed by atoms with van der Waals surface area (Å²) in [5, 5.41) is 12.6. The van der Waals surface area contributed by atoms with Crippen molar-refractivity contribution >= 4 is 11.5 Å². The molecule has 3 heterocycles. The van der Waals surface area contributed by atoms with Crippen molar-refractivity contribution < 1.29 is 0 Å². The average Bonchev–Trinajstić information content (AvgIpc) is 3.19. The van der Waals surface area contributed by atoms with Gasteiger partial charge in [0.2, 0.25) is 0 Å². The average molecular weight is 409 g/mol. The van der Waals surface area contributed by atoms with Crippen LogP contribution in [-0.2, 0) is 5.54 Å². The Morgan fingerprint density at radius 2 is 1.61 bits per heavy atom. The Bertz CT molecular complexity index is 1250. The van der Waals surface area contributed by atoms with E-state index >= 15 is 0 Å². The van der Waals surface area contributed by atoms with E-state index < -0.39 is 0 Å². The summed E-state index contributed by atoms with van der Waals surface area (Å²) in [6.45, 7) is 0. The molecule has 0 radical (unpaired) electrons. The van der Waals surface area contributed by atoms with Crippen LogP contribution in [0.3, 0.4) is 0 Å². The van der Waals surface area contributed by atoms with Crippen molar-refractivity contribution in [2.45, 2.75) is 37.6 Å². The van der Waals surface area contributed by atoms with E-state index in [9.17, 15) is 0 Å². The summed E-state index contributed by atoms with van der Waals surface area (Å²) in [5.74, 6) is 2.38. The summed E-state index contributed by atoms with van der Waals surface area (Å²) in [5.41, 5.74) is 11.7. The molecule has 1 fully saturated rings. The van der Waals surface area contributed by atoms with Crippen molar-refractivity contribution in [1.29, 1.82) is 0 Å². The van der Waals surface area contributed by atoms with Gasteiger partial charge in [-0.1, -0.05) is 55.7 Å².